The first-order valence-electron chi connectivity index (χ1n) is 7.96. The maximum Gasteiger partial charge on any atom is 0.311 e. The van der Waals surface area contributed by atoms with Gasteiger partial charge in [0.25, 0.3) is 0 Å². The maximum absolute atomic E-state index is 12.2. The molecule has 0 amide bonds. The largest absolute Gasteiger partial charge is 0.461 e. The van der Waals surface area contributed by atoms with E-state index in [1.165, 1.54) is 12.8 Å². The first kappa shape index (κ1) is 15.6. The van der Waals surface area contributed by atoms with E-state index in [0.717, 1.165) is 6.42 Å². The van der Waals surface area contributed by atoms with Crippen LogP contribution < -0.4 is 0 Å². The Morgan fingerprint density at radius 3 is 2.35 bits per heavy atom. The molecule has 1 fully saturated rings. The summed E-state index contributed by atoms with van der Waals surface area (Å²) in [7, 11) is 0. The Bertz CT molecular complexity index is 439. The van der Waals surface area contributed by atoms with Gasteiger partial charge in [-0.25, -0.2) is 0 Å². The summed E-state index contributed by atoms with van der Waals surface area (Å²) >= 11 is 0. The van der Waals surface area contributed by atoms with Gasteiger partial charge in [0.05, 0.1) is 5.41 Å². The van der Waals surface area contributed by atoms with Crippen LogP contribution >= 0.6 is 0 Å². The predicted octanol–water partition coefficient (Wildman–Crippen LogP) is 4.74. The van der Waals surface area contributed by atoms with Gasteiger partial charge in [-0.3, -0.25) is 4.79 Å². The van der Waals surface area contributed by atoms with E-state index in [4.69, 9.17) is 4.74 Å². The highest BCUT2D eigenvalue weighted by Crippen LogP contribution is 2.65. The Morgan fingerprint density at radius 1 is 1.35 bits per heavy atom. The van der Waals surface area contributed by atoms with E-state index in [9.17, 15) is 4.79 Å². The minimum absolute atomic E-state index is 0.0108. The van der Waals surface area contributed by atoms with Gasteiger partial charge in [-0.1, -0.05) is 45.8 Å². The standard InChI is InChI=1S/C18H30O2/c1-8-9-12-11-18(7)14(10-13(12)17(18,5)6)20-15(19)16(2,3)4/h11,13-14H,8-10H2,1-7H3/t13-,14-,18-/m1/s1. The molecule has 3 atom stereocenters. The average Bonchev–Trinajstić information content (AvgIpc) is 2.59. The Labute approximate surface area is 124 Å². The zero-order chi connectivity index (χ0) is 15.3. The maximum atomic E-state index is 12.2. The van der Waals surface area contributed by atoms with Crippen LogP contribution in [0, 0.1) is 22.2 Å². The molecule has 2 aliphatic carbocycles. The Balaban J connectivity index is 2.23. The van der Waals surface area contributed by atoms with Crippen LogP contribution in [0.1, 0.15) is 67.7 Å². The lowest BCUT2D eigenvalue weighted by Gasteiger charge is -2.38. The number of rotatable bonds is 3. The third-order valence-corrected chi connectivity index (χ3v) is 5.71. The molecule has 20 heavy (non-hydrogen) atoms. The monoisotopic (exact) mass is 278 g/mol. The lowest BCUT2D eigenvalue weighted by molar-refractivity contribution is -0.163. The number of carbonyl (C=O) groups is 1. The smallest absolute Gasteiger partial charge is 0.311 e. The molecule has 2 heteroatoms. The van der Waals surface area contributed by atoms with Crippen molar-refractivity contribution in [2.75, 3.05) is 0 Å². The molecule has 0 aromatic heterocycles. The molecule has 0 N–H and O–H groups in total. The van der Waals surface area contributed by atoms with Gasteiger partial charge in [-0.2, -0.15) is 0 Å². The molecule has 1 saturated carbocycles. The number of esters is 1. The summed E-state index contributed by atoms with van der Waals surface area (Å²) in [5.41, 5.74) is 1.35. The molecule has 0 aliphatic heterocycles. The summed E-state index contributed by atoms with van der Waals surface area (Å²) in [6, 6.07) is 0. The number of hydrogen-bond donors (Lipinski definition) is 0. The predicted molar refractivity (Wildman–Crippen MR) is 82.3 cm³/mol. The molecule has 0 heterocycles. The number of fused-ring (bicyclic) bond motifs is 2. The number of ether oxygens (including phenoxy) is 1. The Kier molecular flexibility index (Phi) is 3.59. The minimum atomic E-state index is -0.418. The van der Waals surface area contributed by atoms with Crippen molar-refractivity contribution < 1.29 is 9.53 Å². The normalized spacial score (nSPS) is 35.0. The second-order valence-corrected chi connectivity index (χ2v) is 8.41. The highest BCUT2D eigenvalue weighted by Gasteiger charge is 2.62. The molecule has 0 unspecified atom stereocenters. The molecule has 114 valence electrons. The lowest BCUT2D eigenvalue weighted by Crippen LogP contribution is -2.39. The third-order valence-electron chi connectivity index (χ3n) is 5.71. The van der Waals surface area contributed by atoms with Gasteiger partial charge < -0.3 is 4.74 Å². The van der Waals surface area contributed by atoms with E-state index < -0.39 is 5.41 Å². The van der Waals surface area contributed by atoms with Crippen LogP contribution in [0.3, 0.4) is 0 Å². The van der Waals surface area contributed by atoms with Gasteiger partial charge in [0.15, 0.2) is 0 Å². The molecule has 0 aromatic carbocycles. The van der Waals surface area contributed by atoms with E-state index in [1.54, 1.807) is 5.57 Å². The van der Waals surface area contributed by atoms with Crippen molar-refractivity contribution in [2.45, 2.75) is 73.8 Å². The fourth-order valence-electron chi connectivity index (χ4n) is 3.93. The van der Waals surface area contributed by atoms with Crippen molar-refractivity contribution in [1.29, 1.82) is 0 Å². The highest BCUT2D eigenvalue weighted by molar-refractivity contribution is 5.75. The quantitative estimate of drug-likeness (QED) is 0.550. The molecule has 0 spiro atoms. The van der Waals surface area contributed by atoms with Gasteiger partial charge in [0.1, 0.15) is 6.10 Å². The number of carbonyl (C=O) groups excluding carboxylic acids is 1. The summed E-state index contributed by atoms with van der Waals surface area (Å²) < 4.78 is 5.89. The fourth-order valence-corrected chi connectivity index (χ4v) is 3.93. The van der Waals surface area contributed by atoms with Crippen LogP contribution in [0.2, 0.25) is 0 Å². The fraction of sp³-hybridized carbons (Fsp3) is 0.833. The summed E-state index contributed by atoms with van der Waals surface area (Å²) in [6.07, 6.45) is 5.84. The lowest BCUT2D eigenvalue weighted by atomic mass is 9.69. The summed E-state index contributed by atoms with van der Waals surface area (Å²) in [5.74, 6) is 0.503. The van der Waals surface area contributed by atoms with Crippen molar-refractivity contribution in [1.82, 2.24) is 0 Å². The average molecular weight is 278 g/mol. The van der Waals surface area contributed by atoms with E-state index in [-0.39, 0.29) is 22.9 Å². The van der Waals surface area contributed by atoms with Crippen LogP contribution in [0.25, 0.3) is 0 Å². The van der Waals surface area contributed by atoms with Crippen LogP contribution in [0.5, 0.6) is 0 Å². The topological polar surface area (TPSA) is 26.3 Å². The van der Waals surface area contributed by atoms with E-state index in [2.05, 4.69) is 33.8 Å². The van der Waals surface area contributed by atoms with Crippen molar-refractivity contribution in [2.24, 2.45) is 22.2 Å². The van der Waals surface area contributed by atoms with Gasteiger partial charge >= 0.3 is 5.97 Å². The zero-order valence-electron chi connectivity index (χ0n) is 14.2. The molecular formula is C18H30O2. The van der Waals surface area contributed by atoms with Crippen LogP contribution in [-0.2, 0) is 9.53 Å². The van der Waals surface area contributed by atoms with Gasteiger partial charge in [0.2, 0.25) is 0 Å². The molecular weight excluding hydrogens is 248 g/mol. The van der Waals surface area contributed by atoms with E-state index >= 15 is 0 Å². The second-order valence-electron chi connectivity index (χ2n) is 8.41. The molecule has 2 aliphatic rings. The van der Waals surface area contributed by atoms with Crippen molar-refractivity contribution >= 4 is 5.97 Å². The molecule has 2 nitrogen and oxygen atoms in total. The van der Waals surface area contributed by atoms with Crippen LogP contribution in [-0.4, -0.2) is 12.1 Å². The zero-order valence-corrected chi connectivity index (χ0v) is 14.2. The molecule has 0 radical (unpaired) electrons. The highest BCUT2D eigenvalue weighted by atomic mass is 16.5. The van der Waals surface area contributed by atoms with E-state index in [0.29, 0.717) is 5.92 Å². The summed E-state index contributed by atoms with van der Waals surface area (Å²) in [6.45, 7) is 15.0. The molecule has 0 saturated heterocycles. The van der Waals surface area contributed by atoms with Crippen LogP contribution in [0.15, 0.2) is 11.6 Å². The Morgan fingerprint density at radius 2 is 1.95 bits per heavy atom. The van der Waals surface area contributed by atoms with Crippen molar-refractivity contribution in [3.8, 4) is 0 Å². The summed E-state index contributed by atoms with van der Waals surface area (Å²) in [5, 5.41) is 0. The van der Waals surface area contributed by atoms with Gasteiger partial charge in [-0.15, -0.1) is 0 Å². The third kappa shape index (κ3) is 2.12. The number of allylic oxidation sites excluding steroid dienone is 1. The SMILES string of the molecule is CCCC1=C[C@]2(C)[C@H](OC(=O)C(C)(C)C)C[C@H]1C2(C)C. The van der Waals surface area contributed by atoms with Crippen molar-refractivity contribution in [3.63, 3.8) is 0 Å². The van der Waals surface area contributed by atoms with Crippen LogP contribution in [0.4, 0.5) is 0 Å². The molecule has 2 bridgehead atoms. The van der Waals surface area contributed by atoms with Gasteiger partial charge in [0, 0.05) is 5.41 Å². The second kappa shape index (κ2) is 4.61. The van der Waals surface area contributed by atoms with Crippen molar-refractivity contribution in [3.05, 3.63) is 11.6 Å². The molecule has 0 aromatic rings. The number of hydrogen-bond acceptors (Lipinski definition) is 2. The summed E-state index contributed by atoms with van der Waals surface area (Å²) in [4.78, 5) is 12.2. The Hall–Kier alpha value is -0.790. The van der Waals surface area contributed by atoms with Gasteiger partial charge in [-0.05, 0) is 44.9 Å². The van der Waals surface area contributed by atoms with E-state index in [1.807, 2.05) is 20.8 Å². The minimum Gasteiger partial charge on any atom is -0.461 e. The first-order chi connectivity index (χ1) is 9.04. The molecule has 2 rings (SSSR count). The first-order valence-corrected chi connectivity index (χ1v) is 7.96.